The van der Waals surface area contributed by atoms with Crippen molar-refractivity contribution in [2.24, 2.45) is 0 Å². The predicted octanol–water partition coefficient (Wildman–Crippen LogP) is 5.62. The van der Waals surface area contributed by atoms with Gasteiger partial charge in [-0.05, 0) is 67.1 Å². The maximum atomic E-state index is 14.4. The van der Waals surface area contributed by atoms with Crippen molar-refractivity contribution < 1.29 is 27.1 Å². The van der Waals surface area contributed by atoms with E-state index in [0.29, 0.717) is 5.56 Å². The highest BCUT2D eigenvalue weighted by Crippen LogP contribution is 2.38. The lowest BCUT2D eigenvalue weighted by Gasteiger charge is -2.17. The van der Waals surface area contributed by atoms with Crippen molar-refractivity contribution >= 4 is 5.97 Å². The largest absolute Gasteiger partial charge is 0.466 e. The highest BCUT2D eigenvalue weighted by atomic mass is 19.4. The van der Waals surface area contributed by atoms with E-state index >= 15 is 0 Å². The van der Waals surface area contributed by atoms with Gasteiger partial charge in [0.05, 0.1) is 12.2 Å². The second kappa shape index (κ2) is 7.89. The molecular weight excluding hydrogens is 348 g/mol. The standard InChI is InChI=1S/C20H20F4O2/c1-4-26-17(25)9-8-14-10-15(11-16(19(14)21)20(22,23)24)18-12(2)6-5-7-13(18)3/h5-7,10-11H,4,8-9H2,1-3H3. The molecule has 0 spiro atoms. The summed E-state index contributed by atoms with van der Waals surface area (Å²) in [6.45, 7) is 5.37. The van der Waals surface area contributed by atoms with Gasteiger partial charge in [-0.2, -0.15) is 13.2 Å². The highest BCUT2D eigenvalue weighted by Gasteiger charge is 2.36. The molecule has 0 aromatic heterocycles. The quantitative estimate of drug-likeness (QED) is 0.505. The third-order valence-electron chi connectivity index (χ3n) is 4.13. The van der Waals surface area contributed by atoms with Crippen LogP contribution in [0.15, 0.2) is 30.3 Å². The average molecular weight is 368 g/mol. The number of ether oxygens (including phenoxy) is 1. The summed E-state index contributed by atoms with van der Waals surface area (Å²) in [6.07, 6.45) is -5.17. The minimum absolute atomic E-state index is 0.148. The Morgan fingerprint density at radius 2 is 1.73 bits per heavy atom. The van der Waals surface area contributed by atoms with E-state index in [1.54, 1.807) is 32.9 Å². The van der Waals surface area contributed by atoms with Crippen molar-refractivity contribution in [2.45, 2.75) is 39.8 Å². The lowest BCUT2D eigenvalue weighted by molar-refractivity contribution is -0.143. The Morgan fingerprint density at radius 1 is 1.12 bits per heavy atom. The van der Waals surface area contributed by atoms with Crippen molar-refractivity contribution in [2.75, 3.05) is 6.61 Å². The van der Waals surface area contributed by atoms with Gasteiger partial charge in [0.2, 0.25) is 0 Å². The molecule has 0 saturated carbocycles. The lowest BCUT2D eigenvalue weighted by Crippen LogP contribution is -2.12. The number of esters is 1. The van der Waals surface area contributed by atoms with E-state index in [1.807, 2.05) is 6.07 Å². The molecule has 6 heteroatoms. The van der Waals surface area contributed by atoms with Gasteiger partial charge in [-0.1, -0.05) is 18.2 Å². The fourth-order valence-corrected chi connectivity index (χ4v) is 2.96. The molecule has 0 saturated heterocycles. The normalized spacial score (nSPS) is 11.5. The first-order valence-corrected chi connectivity index (χ1v) is 8.27. The van der Waals surface area contributed by atoms with E-state index in [4.69, 9.17) is 4.74 Å². The van der Waals surface area contributed by atoms with Gasteiger partial charge in [0.25, 0.3) is 0 Å². The van der Waals surface area contributed by atoms with Gasteiger partial charge < -0.3 is 4.74 Å². The van der Waals surface area contributed by atoms with Gasteiger partial charge in [-0.15, -0.1) is 0 Å². The molecule has 0 fully saturated rings. The summed E-state index contributed by atoms with van der Waals surface area (Å²) in [7, 11) is 0. The summed E-state index contributed by atoms with van der Waals surface area (Å²) >= 11 is 0. The number of benzene rings is 2. The minimum atomic E-state index is -4.82. The average Bonchev–Trinajstić information content (AvgIpc) is 2.53. The molecule has 0 aliphatic carbocycles. The zero-order valence-corrected chi connectivity index (χ0v) is 14.8. The zero-order chi connectivity index (χ0) is 19.5. The Morgan fingerprint density at radius 3 is 2.27 bits per heavy atom. The topological polar surface area (TPSA) is 26.3 Å². The fourth-order valence-electron chi connectivity index (χ4n) is 2.96. The predicted molar refractivity (Wildman–Crippen MR) is 91.3 cm³/mol. The van der Waals surface area contributed by atoms with Crippen LogP contribution < -0.4 is 0 Å². The first-order chi connectivity index (χ1) is 12.1. The second-order valence-electron chi connectivity index (χ2n) is 6.07. The van der Waals surface area contributed by atoms with Gasteiger partial charge in [-0.25, -0.2) is 4.39 Å². The van der Waals surface area contributed by atoms with Crippen LogP contribution in [-0.4, -0.2) is 12.6 Å². The lowest BCUT2D eigenvalue weighted by atomic mass is 9.91. The molecule has 2 aromatic carbocycles. The SMILES string of the molecule is CCOC(=O)CCc1cc(-c2c(C)cccc2C)cc(C(F)(F)F)c1F. The van der Waals surface area contributed by atoms with Crippen molar-refractivity contribution in [1.82, 2.24) is 0 Å². The Hall–Kier alpha value is -2.37. The van der Waals surface area contributed by atoms with Crippen LogP contribution in [0.1, 0.15) is 35.6 Å². The fraction of sp³-hybridized carbons (Fsp3) is 0.350. The molecule has 0 amide bonds. The summed E-state index contributed by atoms with van der Waals surface area (Å²) in [6, 6.07) is 7.61. The molecule has 0 radical (unpaired) electrons. The molecule has 0 N–H and O–H groups in total. The number of hydrogen-bond donors (Lipinski definition) is 0. The molecular formula is C20H20F4O2. The summed E-state index contributed by atoms with van der Waals surface area (Å²) in [5.41, 5.74) is 1.03. The molecule has 26 heavy (non-hydrogen) atoms. The maximum Gasteiger partial charge on any atom is 0.419 e. The van der Waals surface area contributed by atoms with Crippen molar-refractivity contribution in [1.29, 1.82) is 0 Å². The first-order valence-electron chi connectivity index (χ1n) is 8.27. The number of alkyl halides is 3. The van der Waals surface area contributed by atoms with Gasteiger partial charge in [0.15, 0.2) is 0 Å². The number of halogens is 4. The minimum Gasteiger partial charge on any atom is -0.466 e. The molecule has 140 valence electrons. The molecule has 2 nitrogen and oxygen atoms in total. The summed E-state index contributed by atoms with van der Waals surface area (Å²) < 4.78 is 59.1. The molecule has 0 aliphatic rings. The van der Waals surface area contributed by atoms with Crippen LogP contribution in [0.25, 0.3) is 11.1 Å². The number of rotatable bonds is 5. The number of hydrogen-bond acceptors (Lipinski definition) is 2. The van der Waals surface area contributed by atoms with E-state index in [0.717, 1.165) is 17.2 Å². The van der Waals surface area contributed by atoms with Crippen LogP contribution in [0, 0.1) is 19.7 Å². The Kier molecular flexibility index (Phi) is 6.05. The smallest absolute Gasteiger partial charge is 0.419 e. The third kappa shape index (κ3) is 4.42. The Labute approximate surface area is 149 Å². The maximum absolute atomic E-state index is 14.4. The molecule has 0 unspecified atom stereocenters. The van der Waals surface area contributed by atoms with Gasteiger partial charge in [0, 0.05) is 6.42 Å². The van der Waals surface area contributed by atoms with Crippen LogP contribution in [0.2, 0.25) is 0 Å². The number of aryl methyl sites for hydroxylation is 3. The summed E-state index contributed by atoms with van der Waals surface area (Å²) in [5, 5.41) is 0. The van der Waals surface area contributed by atoms with E-state index in [1.165, 1.54) is 6.07 Å². The Bertz CT molecular complexity index is 790. The van der Waals surface area contributed by atoms with E-state index in [-0.39, 0.29) is 30.6 Å². The van der Waals surface area contributed by atoms with E-state index < -0.39 is 23.5 Å². The van der Waals surface area contributed by atoms with Crippen molar-refractivity contribution in [3.8, 4) is 11.1 Å². The van der Waals surface area contributed by atoms with Crippen molar-refractivity contribution in [3.05, 3.63) is 58.4 Å². The molecule has 0 aliphatic heterocycles. The molecule has 2 rings (SSSR count). The van der Waals surface area contributed by atoms with Crippen LogP contribution in [0.5, 0.6) is 0 Å². The van der Waals surface area contributed by atoms with Gasteiger partial charge in [-0.3, -0.25) is 4.79 Å². The van der Waals surface area contributed by atoms with Gasteiger partial charge >= 0.3 is 12.1 Å². The van der Waals surface area contributed by atoms with Crippen LogP contribution in [-0.2, 0) is 22.1 Å². The van der Waals surface area contributed by atoms with Crippen LogP contribution in [0.3, 0.4) is 0 Å². The number of carbonyl (C=O) groups is 1. The van der Waals surface area contributed by atoms with Crippen LogP contribution in [0.4, 0.5) is 17.6 Å². The first kappa shape index (κ1) is 19.9. The second-order valence-corrected chi connectivity index (χ2v) is 6.07. The summed E-state index contributed by atoms with van der Waals surface area (Å²) in [4.78, 5) is 11.5. The molecule has 0 bridgehead atoms. The molecule has 0 atom stereocenters. The zero-order valence-electron chi connectivity index (χ0n) is 14.8. The molecule has 0 heterocycles. The highest BCUT2D eigenvalue weighted by molar-refractivity contribution is 5.73. The van der Waals surface area contributed by atoms with E-state index in [9.17, 15) is 22.4 Å². The van der Waals surface area contributed by atoms with E-state index in [2.05, 4.69) is 0 Å². The van der Waals surface area contributed by atoms with Gasteiger partial charge in [0.1, 0.15) is 5.82 Å². The van der Waals surface area contributed by atoms with Crippen molar-refractivity contribution in [3.63, 3.8) is 0 Å². The Balaban J connectivity index is 2.56. The monoisotopic (exact) mass is 368 g/mol. The third-order valence-corrected chi connectivity index (χ3v) is 4.13. The molecule has 2 aromatic rings. The van der Waals surface area contributed by atoms with Crippen LogP contribution >= 0.6 is 0 Å². The summed E-state index contributed by atoms with van der Waals surface area (Å²) in [5.74, 6) is -1.91. The number of carbonyl (C=O) groups excluding carboxylic acids is 1.